The molecule has 0 saturated heterocycles. The van der Waals surface area contributed by atoms with E-state index in [1.165, 1.54) is 12.1 Å². The van der Waals surface area contributed by atoms with Crippen LogP contribution in [0.1, 0.15) is 16.8 Å². The molecule has 27 heavy (non-hydrogen) atoms. The third-order valence-electron chi connectivity index (χ3n) is 4.51. The molecule has 2 aromatic carbocycles. The molecule has 0 aliphatic carbocycles. The number of hydrogen-bond acceptors (Lipinski definition) is 2. The molecule has 0 aliphatic rings. The van der Waals surface area contributed by atoms with E-state index < -0.39 is 0 Å². The summed E-state index contributed by atoms with van der Waals surface area (Å²) in [5.41, 5.74) is 2.65. The Bertz CT molecular complexity index is 863. The molecule has 0 radical (unpaired) electrons. The van der Waals surface area contributed by atoms with Crippen molar-refractivity contribution in [2.24, 2.45) is 0 Å². The molecular weight excluding hydrogens is 346 g/mol. The monoisotopic (exact) mass is 370 g/mol. The summed E-state index contributed by atoms with van der Waals surface area (Å²) in [6.07, 6.45) is 1.96. The highest BCUT2D eigenvalue weighted by Gasteiger charge is 2.12. The third-order valence-corrected chi connectivity index (χ3v) is 4.51. The SMILES string of the molecule is COCCN(Cc1cccc(F)c1)Cc1cccn1Cc1ccccc1F. The average molecular weight is 370 g/mol. The zero-order valence-electron chi connectivity index (χ0n) is 15.4. The van der Waals surface area contributed by atoms with Gasteiger partial charge in [-0.05, 0) is 35.9 Å². The molecule has 0 aliphatic heterocycles. The summed E-state index contributed by atoms with van der Waals surface area (Å²) in [5.74, 6) is -0.435. The molecule has 0 saturated carbocycles. The molecular formula is C22H24F2N2O. The Morgan fingerprint density at radius 1 is 0.963 bits per heavy atom. The maximum atomic E-state index is 14.0. The largest absolute Gasteiger partial charge is 0.383 e. The van der Waals surface area contributed by atoms with Crippen LogP contribution in [0, 0.1) is 11.6 Å². The molecule has 3 aromatic rings. The minimum atomic E-state index is -0.234. The van der Waals surface area contributed by atoms with Gasteiger partial charge in [0, 0.05) is 44.2 Å². The van der Waals surface area contributed by atoms with Crippen LogP contribution in [0.5, 0.6) is 0 Å². The third kappa shape index (κ3) is 5.49. The fraction of sp³-hybridized carbons (Fsp3) is 0.273. The van der Waals surface area contributed by atoms with Crippen molar-refractivity contribution in [1.29, 1.82) is 0 Å². The van der Waals surface area contributed by atoms with Gasteiger partial charge in [-0.3, -0.25) is 4.90 Å². The van der Waals surface area contributed by atoms with Gasteiger partial charge in [-0.15, -0.1) is 0 Å². The van der Waals surface area contributed by atoms with Crippen molar-refractivity contribution in [2.75, 3.05) is 20.3 Å². The molecule has 0 spiro atoms. The molecule has 0 unspecified atom stereocenters. The Kier molecular flexibility index (Phi) is 6.74. The van der Waals surface area contributed by atoms with Crippen LogP contribution in [0.2, 0.25) is 0 Å². The molecule has 5 heteroatoms. The first kappa shape index (κ1) is 19.3. The second-order valence-electron chi connectivity index (χ2n) is 6.55. The normalized spacial score (nSPS) is 11.3. The van der Waals surface area contributed by atoms with Gasteiger partial charge in [0.15, 0.2) is 0 Å². The Balaban J connectivity index is 1.74. The van der Waals surface area contributed by atoms with E-state index in [9.17, 15) is 8.78 Å². The minimum absolute atomic E-state index is 0.201. The maximum Gasteiger partial charge on any atom is 0.128 e. The molecule has 0 amide bonds. The fourth-order valence-corrected chi connectivity index (χ4v) is 3.11. The number of benzene rings is 2. The van der Waals surface area contributed by atoms with Gasteiger partial charge in [0.25, 0.3) is 0 Å². The second kappa shape index (κ2) is 9.44. The molecule has 0 N–H and O–H groups in total. The Labute approximate surface area is 158 Å². The smallest absolute Gasteiger partial charge is 0.128 e. The number of rotatable bonds is 9. The number of ether oxygens (including phenoxy) is 1. The van der Waals surface area contributed by atoms with Gasteiger partial charge in [-0.1, -0.05) is 30.3 Å². The summed E-state index contributed by atoms with van der Waals surface area (Å²) in [5, 5.41) is 0. The van der Waals surface area contributed by atoms with Crippen LogP contribution in [0.4, 0.5) is 8.78 Å². The summed E-state index contributed by atoms with van der Waals surface area (Å²) in [6.45, 7) is 3.07. The van der Waals surface area contributed by atoms with Crippen LogP contribution in [-0.2, 0) is 24.4 Å². The van der Waals surface area contributed by atoms with E-state index >= 15 is 0 Å². The second-order valence-corrected chi connectivity index (χ2v) is 6.55. The number of aromatic nitrogens is 1. The van der Waals surface area contributed by atoms with Gasteiger partial charge >= 0.3 is 0 Å². The molecule has 3 nitrogen and oxygen atoms in total. The lowest BCUT2D eigenvalue weighted by Gasteiger charge is -2.23. The van der Waals surface area contributed by atoms with Crippen molar-refractivity contribution >= 4 is 0 Å². The van der Waals surface area contributed by atoms with E-state index in [4.69, 9.17) is 4.74 Å². The van der Waals surface area contributed by atoms with Crippen molar-refractivity contribution < 1.29 is 13.5 Å². The van der Waals surface area contributed by atoms with E-state index in [1.807, 2.05) is 35.0 Å². The average Bonchev–Trinajstić information content (AvgIpc) is 3.08. The molecule has 1 heterocycles. The lowest BCUT2D eigenvalue weighted by atomic mass is 10.2. The molecule has 1 aromatic heterocycles. The van der Waals surface area contributed by atoms with Crippen LogP contribution in [0.15, 0.2) is 66.9 Å². The minimum Gasteiger partial charge on any atom is -0.383 e. The van der Waals surface area contributed by atoms with Gasteiger partial charge in [-0.2, -0.15) is 0 Å². The van der Waals surface area contributed by atoms with Crippen LogP contribution in [0.25, 0.3) is 0 Å². The number of halogens is 2. The van der Waals surface area contributed by atoms with Gasteiger partial charge in [-0.25, -0.2) is 8.78 Å². The van der Waals surface area contributed by atoms with Gasteiger partial charge in [0.05, 0.1) is 13.2 Å². The topological polar surface area (TPSA) is 17.4 Å². The Morgan fingerprint density at radius 3 is 2.59 bits per heavy atom. The number of methoxy groups -OCH3 is 1. The van der Waals surface area contributed by atoms with Crippen LogP contribution in [-0.4, -0.2) is 29.7 Å². The zero-order chi connectivity index (χ0) is 19.1. The number of nitrogens with zero attached hydrogens (tertiary/aromatic N) is 2. The molecule has 0 fully saturated rings. The quantitative estimate of drug-likeness (QED) is 0.553. The fourth-order valence-electron chi connectivity index (χ4n) is 3.11. The maximum absolute atomic E-state index is 14.0. The molecule has 0 bridgehead atoms. The van der Waals surface area contributed by atoms with Crippen LogP contribution >= 0.6 is 0 Å². The van der Waals surface area contributed by atoms with Crippen molar-refractivity contribution in [2.45, 2.75) is 19.6 Å². The highest BCUT2D eigenvalue weighted by atomic mass is 19.1. The summed E-state index contributed by atoms with van der Waals surface area (Å²) >= 11 is 0. The van der Waals surface area contributed by atoms with Gasteiger partial charge in [0.2, 0.25) is 0 Å². The van der Waals surface area contributed by atoms with Crippen molar-refractivity contribution in [3.05, 3.63) is 95.3 Å². The number of hydrogen-bond donors (Lipinski definition) is 0. The molecule has 0 atom stereocenters. The highest BCUT2D eigenvalue weighted by molar-refractivity contribution is 5.20. The lowest BCUT2D eigenvalue weighted by molar-refractivity contribution is 0.138. The summed E-state index contributed by atoms with van der Waals surface area (Å²) in [7, 11) is 1.67. The first-order valence-electron chi connectivity index (χ1n) is 8.99. The van der Waals surface area contributed by atoms with Crippen molar-refractivity contribution in [3.8, 4) is 0 Å². The lowest BCUT2D eigenvalue weighted by Crippen LogP contribution is -2.28. The first-order valence-corrected chi connectivity index (χ1v) is 8.99. The van der Waals surface area contributed by atoms with Crippen LogP contribution in [0.3, 0.4) is 0 Å². The van der Waals surface area contributed by atoms with E-state index in [-0.39, 0.29) is 11.6 Å². The molecule has 3 rings (SSSR count). The predicted molar refractivity (Wildman–Crippen MR) is 102 cm³/mol. The summed E-state index contributed by atoms with van der Waals surface area (Å²) < 4.78 is 34.8. The van der Waals surface area contributed by atoms with Crippen molar-refractivity contribution in [3.63, 3.8) is 0 Å². The van der Waals surface area contributed by atoms with Gasteiger partial charge in [0.1, 0.15) is 11.6 Å². The predicted octanol–water partition coefficient (Wildman–Crippen LogP) is 4.46. The highest BCUT2D eigenvalue weighted by Crippen LogP contribution is 2.15. The van der Waals surface area contributed by atoms with Crippen LogP contribution < -0.4 is 0 Å². The first-order chi connectivity index (χ1) is 13.2. The van der Waals surface area contributed by atoms with Crippen molar-refractivity contribution in [1.82, 2.24) is 9.47 Å². The van der Waals surface area contributed by atoms with E-state index in [0.717, 1.165) is 17.8 Å². The van der Waals surface area contributed by atoms with E-state index in [1.54, 1.807) is 31.4 Å². The summed E-state index contributed by atoms with van der Waals surface area (Å²) in [6, 6.07) is 17.5. The Hall–Kier alpha value is -2.50. The standard InChI is InChI=1S/C22H24F2N2O/c1-27-13-12-25(15-18-6-4-8-20(23)14-18)17-21-9-5-11-26(21)16-19-7-2-3-10-22(19)24/h2-11,14H,12-13,15-17H2,1H3. The van der Waals surface area contributed by atoms with E-state index in [0.29, 0.717) is 31.8 Å². The summed E-state index contributed by atoms with van der Waals surface area (Å²) in [4.78, 5) is 2.20. The Morgan fingerprint density at radius 2 is 1.81 bits per heavy atom. The molecule has 142 valence electrons. The van der Waals surface area contributed by atoms with Gasteiger partial charge < -0.3 is 9.30 Å². The van der Waals surface area contributed by atoms with E-state index in [2.05, 4.69) is 4.90 Å². The zero-order valence-corrected chi connectivity index (χ0v) is 15.4.